The maximum absolute atomic E-state index is 13.1. The van der Waals surface area contributed by atoms with Crippen molar-refractivity contribution in [1.29, 1.82) is 0 Å². The predicted octanol–water partition coefficient (Wildman–Crippen LogP) is 4.69. The monoisotopic (exact) mass is 424 g/mol. The third-order valence-corrected chi connectivity index (χ3v) is 4.94. The normalized spacial score (nSPS) is 12.7. The van der Waals surface area contributed by atoms with E-state index in [1.54, 1.807) is 11.8 Å². The molecule has 0 aromatic heterocycles. The summed E-state index contributed by atoms with van der Waals surface area (Å²) in [6.07, 6.45) is 0. The number of benzene rings is 2. The molecule has 0 heterocycles. The zero-order valence-corrected chi connectivity index (χ0v) is 19.9. The molecule has 5 nitrogen and oxygen atoms in total. The van der Waals surface area contributed by atoms with Gasteiger partial charge in [-0.25, -0.2) is 0 Å². The molecule has 0 aliphatic rings. The highest BCUT2D eigenvalue weighted by molar-refractivity contribution is 5.88. The number of nitrogens with one attached hydrogen (secondary N) is 1. The Bertz CT molecular complexity index is 862. The second-order valence-corrected chi connectivity index (χ2v) is 9.99. The first-order valence-electron chi connectivity index (χ1n) is 10.8. The largest absolute Gasteiger partial charge is 0.484 e. The van der Waals surface area contributed by atoms with Gasteiger partial charge in [0.25, 0.3) is 5.91 Å². The van der Waals surface area contributed by atoms with Crippen molar-refractivity contribution < 1.29 is 14.3 Å². The molecule has 0 saturated carbocycles. The second-order valence-electron chi connectivity index (χ2n) is 9.99. The standard InChI is InChI=1S/C26H36N2O3/c1-19(24(30)27-26(5,6)7)28(17-20-11-9-8-10-12-20)23(29)18-31-22-15-13-21(14-16-22)25(2,3)4/h8-16,19H,17-18H2,1-7H3,(H,27,30)/t19-/m0/s1. The molecule has 168 valence electrons. The Morgan fingerprint density at radius 3 is 2.03 bits per heavy atom. The molecule has 2 aromatic rings. The Morgan fingerprint density at radius 1 is 0.935 bits per heavy atom. The summed E-state index contributed by atoms with van der Waals surface area (Å²) in [7, 11) is 0. The van der Waals surface area contributed by atoms with Crippen molar-refractivity contribution in [2.75, 3.05) is 6.61 Å². The molecule has 1 N–H and O–H groups in total. The molecular formula is C26H36N2O3. The third-order valence-electron chi connectivity index (χ3n) is 4.94. The maximum atomic E-state index is 13.1. The Labute approximate surface area is 186 Å². The van der Waals surface area contributed by atoms with Crippen LogP contribution in [0.2, 0.25) is 0 Å². The fourth-order valence-corrected chi connectivity index (χ4v) is 3.12. The molecule has 2 amide bonds. The first kappa shape index (κ1) is 24.4. The van der Waals surface area contributed by atoms with Crippen molar-refractivity contribution in [1.82, 2.24) is 10.2 Å². The van der Waals surface area contributed by atoms with Crippen molar-refractivity contribution in [3.05, 3.63) is 65.7 Å². The molecule has 0 saturated heterocycles. The minimum Gasteiger partial charge on any atom is -0.484 e. The van der Waals surface area contributed by atoms with Crippen LogP contribution in [-0.4, -0.2) is 34.9 Å². The Morgan fingerprint density at radius 2 is 1.52 bits per heavy atom. The summed E-state index contributed by atoms with van der Waals surface area (Å²) in [4.78, 5) is 27.4. The van der Waals surface area contributed by atoms with Crippen LogP contribution < -0.4 is 10.1 Å². The Kier molecular flexibility index (Phi) is 7.88. The molecular weight excluding hydrogens is 388 g/mol. The highest BCUT2D eigenvalue weighted by atomic mass is 16.5. The van der Waals surface area contributed by atoms with Gasteiger partial charge in [0.1, 0.15) is 11.8 Å². The molecule has 0 bridgehead atoms. The van der Waals surface area contributed by atoms with Crippen LogP contribution in [-0.2, 0) is 21.5 Å². The van der Waals surface area contributed by atoms with E-state index in [1.165, 1.54) is 5.56 Å². The Balaban J connectivity index is 2.12. The number of hydrogen-bond acceptors (Lipinski definition) is 3. The van der Waals surface area contributed by atoms with Crippen LogP contribution in [0.25, 0.3) is 0 Å². The van der Waals surface area contributed by atoms with Crippen LogP contribution >= 0.6 is 0 Å². The molecule has 0 spiro atoms. The molecule has 2 aromatic carbocycles. The van der Waals surface area contributed by atoms with Crippen LogP contribution in [0.5, 0.6) is 5.75 Å². The van der Waals surface area contributed by atoms with E-state index in [-0.39, 0.29) is 29.4 Å². The number of carbonyl (C=O) groups excluding carboxylic acids is 2. The van der Waals surface area contributed by atoms with Crippen molar-refractivity contribution in [2.24, 2.45) is 0 Å². The minimum atomic E-state index is -0.626. The molecule has 0 aliphatic carbocycles. The van der Waals surface area contributed by atoms with Crippen LogP contribution in [0.4, 0.5) is 0 Å². The number of ether oxygens (including phenoxy) is 1. The van der Waals surface area contributed by atoms with E-state index in [0.717, 1.165) is 5.56 Å². The van der Waals surface area contributed by atoms with E-state index in [4.69, 9.17) is 4.74 Å². The van der Waals surface area contributed by atoms with Gasteiger partial charge in [0.15, 0.2) is 6.61 Å². The lowest BCUT2D eigenvalue weighted by Gasteiger charge is -2.31. The minimum absolute atomic E-state index is 0.0523. The number of amides is 2. The zero-order chi connectivity index (χ0) is 23.2. The van der Waals surface area contributed by atoms with Gasteiger partial charge < -0.3 is 15.0 Å². The van der Waals surface area contributed by atoms with Gasteiger partial charge in [0.05, 0.1) is 0 Å². The lowest BCUT2D eigenvalue weighted by molar-refractivity contribution is -0.142. The van der Waals surface area contributed by atoms with E-state index in [0.29, 0.717) is 12.3 Å². The lowest BCUT2D eigenvalue weighted by atomic mass is 9.87. The lowest BCUT2D eigenvalue weighted by Crippen LogP contribution is -2.53. The molecule has 0 aliphatic heterocycles. The van der Waals surface area contributed by atoms with Crippen molar-refractivity contribution in [3.63, 3.8) is 0 Å². The van der Waals surface area contributed by atoms with Crippen LogP contribution in [0, 0.1) is 0 Å². The smallest absolute Gasteiger partial charge is 0.261 e. The van der Waals surface area contributed by atoms with Gasteiger partial charge in [-0.3, -0.25) is 9.59 Å². The summed E-state index contributed by atoms with van der Waals surface area (Å²) >= 11 is 0. The highest BCUT2D eigenvalue weighted by Gasteiger charge is 2.28. The average molecular weight is 425 g/mol. The molecule has 0 unspecified atom stereocenters. The molecule has 2 rings (SSSR count). The van der Waals surface area contributed by atoms with Gasteiger partial charge in [0, 0.05) is 12.1 Å². The van der Waals surface area contributed by atoms with E-state index in [1.807, 2.05) is 75.4 Å². The first-order valence-corrected chi connectivity index (χ1v) is 10.8. The van der Waals surface area contributed by atoms with E-state index in [9.17, 15) is 9.59 Å². The molecule has 31 heavy (non-hydrogen) atoms. The number of carbonyl (C=O) groups is 2. The van der Waals surface area contributed by atoms with Gasteiger partial charge in [-0.1, -0.05) is 63.2 Å². The molecule has 5 heteroatoms. The van der Waals surface area contributed by atoms with Crippen LogP contribution in [0.15, 0.2) is 54.6 Å². The fourth-order valence-electron chi connectivity index (χ4n) is 3.12. The maximum Gasteiger partial charge on any atom is 0.261 e. The summed E-state index contributed by atoms with van der Waals surface area (Å²) < 4.78 is 5.76. The predicted molar refractivity (Wildman–Crippen MR) is 125 cm³/mol. The van der Waals surface area contributed by atoms with Gasteiger partial charge in [-0.15, -0.1) is 0 Å². The van der Waals surface area contributed by atoms with E-state index < -0.39 is 6.04 Å². The molecule has 1 atom stereocenters. The molecule has 0 fully saturated rings. The van der Waals surface area contributed by atoms with Gasteiger partial charge in [-0.05, 0) is 56.4 Å². The van der Waals surface area contributed by atoms with E-state index >= 15 is 0 Å². The third kappa shape index (κ3) is 7.74. The van der Waals surface area contributed by atoms with Crippen molar-refractivity contribution in [2.45, 2.75) is 72.0 Å². The summed E-state index contributed by atoms with van der Waals surface area (Å²) in [6, 6.07) is 16.8. The van der Waals surface area contributed by atoms with Crippen molar-refractivity contribution >= 4 is 11.8 Å². The number of nitrogens with zero attached hydrogens (tertiary/aromatic N) is 1. The highest BCUT2D eigenvalue weighted by Crippen LogP contribution is 2.24. The topological polar surface area (TPSA) is 58.6 Å². The molecule has 0 radical (unpaired) electrons. The van der Waals surface area contributed by atoms with Gasteiger partial charge >= 0.3 is 0 Å². The number of hydrogen-bond donors (Lipinski definition) is 1. The summed E-state index contributed by atoms with van der Waals surface area (Å²) in [5.74, 6) is 0.208. The Hall–Kier alpha value is -2.82. The van der Waals surface area contributed by atoms with Crippen molar-refractivity contribution in [3.8, 4) is 5.75 Å². The summed E-state index contributed by atoms with van der Waals surface area (Å²) in [5, 5.41) is 2.96. The number of rotatable bonds is 7. The van der Waals surface area contributed by atoms with E-state index in [2.05, 4.69) is 26.1 Å². The second kappa shape index (κ2) is 9.99. The summed E-state index contributed by atoms with van der Waals surface area (Å²) in [5.41, 5.74) is 1.83. The fraction of sp³-hybridized carbons (Fsp3) is 0.462. The van der Waals surface area contributed by atoms with Gasteiger partial charge in [0.2, 0.25) is 5.91 Å². The summed E-state index contributed by atoms with van der Waals surface area (Å²) in [6.45, 7) is 14.2. The zero-order valence-electron chi connectivity index (χ0n) is 19.9. The first-order chi connectivity index (χ1) is 14.4. The van der Waals surface area contributed by atoms with Crippen LogP contribution in [0.1, 0.15) is 59.6 Å². The van der Waals surface area contributed by atoms with Crippen LogP contribution in [0.3, 0.4) is 0 Å². The average Bonchev–Trinajstić information content (AvgIpc) is 2.69. The quantitative estimate of drug-likeness (QED) is 0.701. The SMILES string of the molecule is C[C@@H](C(=O)NC(C)(C)C)N(Cc1ccccc1)C(=O)COc1ccc(C(C)(C)C)cc1. The van der Waals surface area contributed by atoms with Gasteiger partial charge in [-0.2, -0.15) is 0 Å².